The minimum Gasteiger partial charge on any atom is -0.351 e. The average Bonchev–Trinajstić information content (AvgIpc) is 3.45. The number of hydrogen-bond acceptors (Lipinski definition) is 7. The highest BCUT2D eigenvalue weighted by Crippen LogP contribution is 2.45. The van der Waals surface area contributed by atoms with Gasteiger partial charge < -0.3 is 9.84 Å². The molecule has 0 unspecified atom stereocenters. The molecule has 3 aromatic heterocycles. The van der Waals surface area contributed by atoms with E-state index in [1.807, 2.05) is 18.2 Å². The largest absolute Gasteiger partial charge is 0.351 e. The molecule has 5 rings (SSSR count). The van der Waals surface area contributed by atoms with Crippen LogP contribution in [-0.2, 0) is 13.0 Å². The predicted octanol–water partition coefficient (Wildman–Crippen LogP) is 5.03. The summed E-state index contributed by atoms with van der Waals surface area (Å²) >= 11 is 3.33. The number of nitrogens with one attached hydrogen (secondary N) is 1. The fourth-order valence-corrected chi connectivity index (χ4v) is 6.15. The number of thiophene rings is 1. The number of fused-ring (bicyclic) bond motifs is 2. The topological polar surface area (TPSA) is 71.3 Å². The van der Waals surface area contributed by atoms with Crippen LogP contribution in [0.15, 0.2) is 41.1 Å². The molecule has 0 saturated heterocycles. The monoisotopic (exact) mass is 424 g/mol. The molecule has 1 aliphatic heterocycles. The smallest absolute Gasteiger partial charge is 0.294 e. The highest BCUT2D eigenvalue weighted by Gasteiger charge is 2.28. The molecule has 0 saturated carbocycles. The number of nitrogens with zero attached hydrogens (tertiary/aromatic N) is 3. The number of amides is 1. The number of anilines is 1. The molecule has 0 spiro atoms. The van der Waals surface area contributed by atoms with E-state index in [0.717, 1.165) is 58.3 Å². The Kier molecular flexibility index (Phi) is 4.91. The highest BCUT2D eigenvalue weighted by atomic mass is 32.1. The van der Waals surface area contributed by atoms with Gasteiger partial charge in [0.25, 0.3) is 5.91 Å². The van der Waals surface area contributed by atoms with Crippen molar-refractivity contribution < 1.29 is 9.32 Å². The first-order valence-corrected chi connectivity index (χ1v) is 11.3. The van der Waals surface area contributed by atoms with Gasteiger partial charge in [0.2, 0.25) is 5.76 Å². The Morgan fingerprint density at radius 1 is 1.28 bits per heavy atom. The van der Waals surface area contributed by atoms with Crippen molar-refractivity contribution in [3.05, 3.63) is 52.7 Å². The minimum absolute atomic E-state index is 0.208. The van der Waals surface area contributed by atoms with Crippen molar-refractivity contribution in [3.63, 3.8) is 0 Å². The molecule has 29 heavy (non-hydrogen) atoms. The van der Waals surface area contributed by atoms with Gasteiger partial charge in [-0.25, -0.2) is 4.98 Å². The van der Waals surface area contributed by atoms with E-state index in [2.05, 4.69) is 28.4 Å². The van der Waals surface area contributed by atoms with Crippen LogP contribution >= 0.6 is 22.7 Å². The fourth-order valence-electron chi connectivity index (χ4n) is 3.75. The Hall–Kier alpha value is -2.55. The van der Waals surface area contributed by atoms with Gasteiger partial charge in [0, 0.05) is 29.6 Å². The lowest BCUT2D eigenvalue weighted by atomic mass is 10.0. The molecule has 0 bridgehead atoms. The molecule has 4 heterocycles. The fraction of sp³-hybridized carbons (Fsp3) is 0.286. The number of thiazole rings is 1. The number of benzene rings is 1. The van der Waals surface area contributed by atoms with Gasteiger partial charge >= 0.3 is 0 Å². The van der Waals surface area contributed by atoms with Crippen molar-refractivity contribution in [1.82, 2.24) is 15.0 Å². The van der Waals surface area contributed by atoms with Crippen molar-refractivity contribution in [2.75, 3.05) is 18.4 Å². The van der Waals surface area contributed by atoms with Crippen LogP contribution in [0.3, 0.4) is 0 Å². The van der Waals surface area contributed by atoms with Gasteiger partial charge in [-0.15, -0.1) is 22.7 Å². The van der Waals surface area contributed by atoms with Crippen LogP contribution in [0.1, 0.15) is 34.3 Å². The van der Waals surface area contributed by atoms with Gasteiger partial charge in [0.05, 0.1) is 16.4 Å². The van der Waals surface area contributed by atoms with Crippen molar-refractivity contribution in [3.8, 4) is 10.6 Å². The standard InChI is InChI=1S/C21H20N4O2S2/c1-2-10-25-11-8-13-17(12-25)29-21(24-19(26)15-7-9-22-27-15)18(13)20-23-14-5-3-4-6-16(14)28-20/h3-7,9H,2,8,10-12H2,1H3,(H,24,26). The summed E-state index contributed by atoms with van der Waals surface area (Å²) in [5, 5.41) is 8.49. The number of para-hydroxylation sites is 1. The Morgan fingerprint density at radius 2 is 2.17 bits per heavy atom. The lowest BCUT2D eigenvalue weighted by Crippen LogP contribution is -2.30. The second-order valence-electron chi connectivity index (χ2n) is 7.05. The molecule has 148 valence electrons. The van der Waals surface area contributed by atoms with E-state index in [0.29, 0.717) is 0 Å². The van der Waals surface area contributed by atoms with Crippen LogP contribution in [0, 0.1) is 0 Å². The third-order valence-electron chi connectivity index (χ3n) is 5.07. The molecule has 1 aromatic carbocycles. The van der Waals surface area contributed by atoms with Crippen LogP contribution in [0.2, 0.25) is 0 Å². The maximum absolute atomic E-state index is 12.6. The molecule has 8 heteroatoms. The maximum Gasteiger partial charge on any atom is 0.294 e. The number of hydrogen-bond donors (Lipinski definition) is 1. The lowest BCUT2D eigenvalue weighted by molar-refractivity contribution is 0.0988. The summed E-state index contributed by atoms with van der Waals surface area (Å²) in [5.41, 5.74) is 3.37. The van der Waals surface area contributed by atoms with Crippen molar-refractivity contribution in [2.45, 2.75) is 26.3 Å². The van der Waals surface area contributed by atoms with Crippen molar-refractivity contribution in [2.24, 2.45) is 0 Å². The van der Waals surface area contributed by atoms with E-state index in [-0.39, 0.29) is 11.7 Å². The van der Waals surface area contributed by atoms with Crippen molar-refractivity contribution in [1.29, 1.82) is 0 Å². The summed E-state index contributed by atoms with van der Waals surface area (Å²) in [6, 6.07) is 9.73. The van der Waals surface area contributed by atoms with Crippen LogP contribution in [0.4, 0.5) is 5.00 Å². The normalized spacial score (nSPS) is 14.2. The zero-order chi connectivity index (χ0) is 19.8. The zero-order valence-electron chi connectivity index (χ0n) is 16.0. The SMILES string of the molecule is CCCN1CCc2c(sc(NC(=O)c3ccno3)c2-c2nc3ccccc3s2)C1. The molecular weight excluding hydrogens is 404 g/mol. The number of aromatic nitrogens is 2. The number of carbonyl (C=O) groups is 1. The van der Waals surface area contributed by atoms with Crippen LogP contribution in [0.5, 0.6) is 0 Å². The van der Waals surface area contributed by atoms with E-state index in [4.69, 9.17) is 9.51 Å². The minimum atomic E-state index is -0.283. The average molecular weight is 425 g/mol. The highest BCUT2D eigenvalue weighted by molar-refractivity contribution is 7.22. The van der Waals surface area contributed by atoms with E-state index < -0.39 is 0 Å². The summed E-state index contributed by atoms with van der Waals surface area (Å²) in [6.07, 6.45) is 3.58. The van der Waals surface area contributed by atoms with Gasteiger partial charge in [-0.2, -0.15) is 0 Å². The second-order valence-corrected chi connectivity index (χ2v) is 9.19. The summed E-state index contributed by atoms with van der Waals surface area (Å²) < 4.78 is 6.18. The van der Waals surface area contributed by atoms with Gasteiger partial charge in [-0.3, -0.25) is 9.69 Å². The molecule has 0 aliphatic carbocycles. The predicted molar refractivity (Wildman–Crippen MR) is 117 cm³/mol. The Labute approximate surface area is 176 Å². The molecule has 1 N–H and O–H groups in total. The van der Waals surface area contributed by atoms with Gasteiger partial charge in [0.1, 0.15) is 10.0 Å². The molecule has 1 amide bonds. The number of carbonyl (C=O) groups excluding carboxylic acids is 1. The van der Waals surface area contributed by atoms with Crippen LogP contribution < -0.4 is 5.32 Å². The van der Waals surface area contributed by atoms with Gasteiger partial charge in [-0.1, -0.05) is 24.2 Å². The maximum atomic E-state index is 12.6. The second kappa shape index (κ2) is 7.70. The van der Waals surface area contributed by atoms with Crippen LogP contribution in [-0.4, -0.2) is 34.0 Å². The zero-order valence-corrected chi connectivity index (χ0v) is 17.6. The molecule has 0 radical (unpaired) electrons. The first kappa shape index (κ1) is 18.5. The lowest BCUT2D eigenvalue weighted by Gasteiger charge is -2.26. The van der Waals surface area contributed by atoms with Gasteiger partial charge in [0.15, 0.2) is 0 Å². The van der Waals surface area contributed by atoms with Gasteiger partial charge in [-0.05, 0) is 37.1 Å². The molecule has 0 atom stereocenters. The molecule has 6 nitrogen and oxygen atoms in total. The third kappa shape index (κ3) is 3.48. The first-order chi connectivity index (χ1) is 14.2. The summed E-state index contributed by atoms with van der Waals surface area (Å²) in [7, 11) is 0. The Balaban J connectivity index is 1.58. The van der Waals surface area contributed by atoms with Crippen molar-refractivity contribution >= 4 is 43.8 Å². The van der Waals surface area contributed by atoms with E-state index >= 15 is 0 Å². The van der Waals surface area contributed by atoms with E-state index in [1.54, 1.807) is 28.7 Å². The Bertz CT molecular complexity index is 1130. The Morgan fingerprint density at radius 3 is 2.97 bits per heavy atom. The summed E-state index contributed by atoms with van der Waals surface area (Å²) in [4.78, 5) is 21.3. The molecule has 1 aliphatic rings. The quantitative estimate of drug-likeness (QED) is 0.486. The third-order valence-corrected chi connectivity index (χ3v) is 7.26. The van der Waals surface area contributed by atoms with E-state index in [9.17, 15) is 4.79 Å². The molecular formula is C21H20N4O2S2. The van der Waals surface area contributed by atoms with Crippen LogP contribution in [0.25, 0.3) is 20.8 Å². The first-order valence-electron chi connectivity index (χ1n) is 9.67. The summed E-state index contributed by atoms with van der Waals surface area (Å²) in [5.74, 6) is -0.0758. The number of rotatable bonds is 5. The van der Waals surface area contributed by atoms with E-state index in [1.165, 1.54) is 16.6 Å². The molecule has 4 aromatic rings. The summed E-state index contributed by atoms with van der Waals surface area (Å²) in [6.45, 7) is 5.25. The molecule has 0 fully saturated rings.